The predicted molar refractivity (Wildman–Crippen MR) is 91.1 cm³/mol. The summed E-state index contributed by atoms with van der Waals surface area (Å²) >= 11 is 0. The van der Waals surface area contributed by atoms with E-state index in [9.17, 15) is 4.79 Å². The fourth-order valence-corrected chi connectivity index (χ4v) is 3.39. The molecule has 2 aromatic rings. The minimum atomic E-state index is 0.162. The van der Waals surface area contributed by atoms with E-state index in [4.69, 9.17) is 0 Å². The van der Waals surface area contributed by atoms with Crippen molar-refractivity contribution in [3.05, 3.63) is 58.4 Å². The van der Waals surface area contributed by atoms with Crippen molar-refractivity contribution in [3.63, 3.8) is 0 Å². The molecule has 1 aliphatic heterocycles. The second kappa shape index (κ2) is 6.09. The van der Waals surface area contributed by atoms with Crippen LogP contribution >= 0.6 is 0 Å². The zero-order valence-corrected chi connectivity index (χ0v) is 13.6. The second-order valence-electron chi connectivity index (χ2n) is 6.48. The predicted octanol–water partition coefficient (Wildman–Crippen LogP) is 3.86. The van der Waals surface area contributed by atoms with Crippen molar-refractivity contribution >= 4 is 0 Å². The number of nitrogens with zero attached hydrogens (tertiary/aromatic N) is 2. The van der Waals surface area contributed by atoms with Gasteiger partial charge in [0, 0.05) is 29.9 Å². The van der Waals surface area contributed by atoms with Crippen LogP contribution in [-0.4, -0.2) is 23.1 Å². The number of pyridine rings is 1. The van der Waals surface area contributed by atoms with Crippen molar-refractivity contribution < 1.29 is 0 Å². The lowest BCUT2D eigenvalue weighted by Gasteiger charge is -2.23. The summed E-state index contributed by atoms with van der Waals surface area (Å²) in [5, 5.41) is 0. The number of likely N-dealkylation sites (tertiary alicyclic amines) is 1. The third kappa shape index (κ3) is 2.73. The highest BCUT2D eigenvalue weighted by Crippen LogP contribution is 2.30. The first-order valence-corrected chi connectivity index (χ1v) is 8.09. The summed E-state index contributed by atoms with van der Waals surface area (Å²) < 4.78 is 2.23. The van der Waals surface area contributed by atoms with Gasteiger partial charge in [0.1, 0.15) is 0 Å². The minimum Gasteiger partial charge on any atom is -0.344 e. The molecule has 0 bridgehead atoms. The average molecular weight is 296 g/mol. The molecule has 1 saturated heterocycles. The van der Waals surface area contributed by atoms with Crippen LogP contribution in [0.2, 0.25) is 0 Å². The highest BCUT2D eigenvalue weighted by molar-refractivity contribution is 5.60. The summed E-state index contributed by atoms with van der Waals surface area (Å²) in [7, 11) is 2.11. The number of benzene rings is 1. The van der Waals surface area contributed by atoms with E-state index in [-0.39, 0.29) is 11.5 Å². The fourth-order valence-electron chi connectivity index (χ4n) is 3.39. The minimum absolute atomic E-state index is 0.162. The Morgan fingerprint density at radius 2 is 1.91 bits per heavy atom. The van der Waals surface area contributed by atoms with E-state index in [0.717, 1.165) is 29.8 Å². The third-order valence-corrected chi connectivity index (χ3v) is 4.61. The zero-order valence-electron chi connectivity index (χ0n) is 13.6. The van der Waals surface area contributed by atoms with Crippen molar-refractivity contribution in [3.8, 4) is 11.3 Å². The van der Waals surface area contributed by atoms with Gasteiger partial charge in [0.25, 0.3) is 0 Å². The molecule has 3 heteroatoms. The lowest BCUT2D eigenvalue weighted by molar-refractivity contribution is 0.314. The molecule has 0 radical (unpaired) electrons. The quantitative estimate of drug-likeness (QED) is 0.859. The lowest BCUT2D eigenvalue weighted by Crippen LogP contribution is -2.25. The summed E-state index contributed by atoms with van der Waals surface area (Å²) in [5.41, 5.74) is 3.20. The Morgan fingerprint density at radius 1 is 1.18 bits per heavy atom. The Labute approximate surface area is 132 Å². The number of hydrogen-bond donors (Lipinski definition) is 0. The molecule has 2 heterocycles. The van der Waals surface area contributed by atoms with E-state index in [1.165, 1.54) is 6.42 Å². The van der Waals surface area contributed by atoms with Gasteiger partial charge in [-0.3, -0.25) is 9.69 Å². The van der Waals surface area contributed by atoms with E-state index >= 15 is 0 Å². The molecule has 1 fully saturated rings. The third-order valence-electron chi connectivity index (χ3n) is 4.61. The second-order valence-corrected chi connectivity index (χ2v) is 6.48. The van der Waals surface area contributed by atoms with Crippen LogP contribution in [0.4, 0.5) is 0 Å². The van der Waals surface area contributed by atoms with Crippen molar-refractivity contribution in [2.24, 2.45) is 0 Å². The molecular formula is C19H24N2O. The van der Waals surface area contributed by atoms with Crippen LogP contribution in [0, 0.1) is 0 Å². The normalized spacial score (nSPS) is 19.0. The van der Waals surface area contributed by atoms with Gasteiger partial charge in [-0.2, -0.15) is 0 Å². The van der Waals surface area contributed by atoms with Gasteiger partial charge in [-0.05, 0) is 45.8 Å². The molecule has 22 heavy (non-hydrogen) atoms. The summed E-state index contributed by atoms with van der Waals surface area (Å²) in [4.78, 5) is 15.0. The fraction of sp³-hybridized carbons (Fsp3) is 0.421. The van der Waals surface area contributed by atoms with Crippen molar-refractivity contribution in [1.82, 2.24) is 9.47 Å². The molecular weight excluding hydrogens is 272 g/mol. The molecule has 0 amide bonds. The number of rotatable bonds is 3. The summed E-state index contributed by atoms with van der Waals surface area (Å²) in [6, 6.07) is 12.6. The van der Waals surface area contributed by atoms with Crippen LogP contribution in [-0.2, 0) is 0 Å². The first-order chi connectivity index (χ1) is 10.6. The summed E-state index contributed by atoms with van der Waals surface area (Å²) in [6.07, 6.45) is 4.33. The molecule has 3 rings (SSSR count). The smallest absolute Gasteiger partial charge is 0.186 e. The van der Waals surface area contributed by atoms with Gasteiger partial charge in [0.2, 0.25) is 0 Å². The van der Waals surface area contributed by atoms with E-state index in [1.54, 1.807) is 0 Å². The molecule has 0 N–H and O–H groups in total. The lowest BCUT2D eigenvalue weighted by atomic mass is 10.0. The molecule has 116 valence electrons. The topological polar surface area (TPSA) is 25.2 Å². The first kappa shape index (κ1) is 15.0. The monoisotopic (exact) mass is 296 g/mol. The van der Waals surface area contributed by atoms with Crippen molar-refractivity contribution in [2.75, 3.05) is 13.6 Å². The van der Waals surface area contributed by atoms with Gasteiger partial charge in [0.05, 0.1) is 5.69 Å². The molecule has 3 nitrogen and oxygen atoms in total. The number of hydrogen-bond acceptors (Lipinski definition) is 2. The Bertz CT molecular complexity index is 703. The molecule has 1 atom stereocenters. The zero-order chi connectivity index (χ0) is 15.7. The van der Waals surface area contributed by atoms with Crippen LogP contribution in [0.15, 0.2) is 47.4 Å². The van der Waals surface area contributed by atoms with Gasteiger partial charge in [-0.25, -0.2) is 0 Å². The first-order valence-electron chi connectivity index (χ1n) is 8.09. The standard InChI is InChI=1S/C19H24N2O/c1-14(2)21-13-16(17-10-7-11-20(17)3)19(22)12-18(21)15-8-5-4-6-9-15/h4-6,8-9,12-14,17H,7,10-11H2,1-3H3/t17-/m0/s1. The molecule has 0 aliphatic carbocycles. The average Bonchev–Trinajstić information content (AvgIpc) is 2.93. The van der Waals surface area contributed by atoms with Crippen molar-refractivity contribution in [2.45, 2.75) is 38.8 Å². The van der Waals surface area contributed by atoms with Crippen molar-refractivity contribution in [1.29, 1.82) is 0 Å². The van der Waals surface area contributed by atoms with Gasteiger partial charge < -0.3 is 4.57 Å². The van der Waals surface area contributed by atoms with Gasteiger partial charge in [-0.1, -0.05) is 30.3 Å². The molecule has 0 unspecified atom stereocenters. The Kier molecular flexibility index (Phi) is 4.16. The van der Waals surface area contributed by atoms with Crippen LogP contribution in [0.3, 0.4) is 0 Å². The SMILES string of the molecule is CC(C)n1cc([C@@H]2CCCN2C)c(=O)cc1-c1ccccc1. The summed E-state index contributed by atoms with van der Waals surface area (Å²) in [6.45, 7) is 5.41. The molecule has 1 aromatic carbocycles. The van der Waals surface area contributed by atoms with Gasteiger partial charge in [0.15, 0.2) is 5.43 Å². The van der Waals surface area contributed by atoms with E-state index in [0.29, 0.717) is 6.04 Å². The molecule has 0 spiro atoms. The van der Waals surface area contributed by atoms with Crippen LogP contribution in [0.25, 0.3) is 11.3 Å². The maximum Gasteiger partial charge on any atom is 0.186 e. The van der Waals surface area contributed by atoms with Gasteiger partial charge >= 0.3 is 0 Å². The maximum absolute atomic E-state index is 12.7. The van der Waals surface area contributed by atoms with Gasteiger partial charge in [-0.15, -0.1) is 0 Å². The highest BCUT2D eigenvalue weighted by atomic mass is 16.1. The van der Waals surface area contributed by atoms with E-state index in [1.807, 2.05) is 24.3 Å². The molecule has 0 saturated carbocycles. The Morgan fingerprint density at radius 3 is 2.50 bits per heavy atom. The Hall–Kier alpha value is -1.87. The van der Waals surface area contributed by atoms with E-state index in [2.05, 4.69) is 48.7 Å². The van der Waals surface area contributed by atoms with Crippen LogP contribution in [0.1, 0.15) is 44.3 Å². The largest absolute Gasteiger partial charge is 0.344 e. The van der Waals surface area contributed by atoms with E-state index < -0.39 is 0 Å². The molecule has 1 aliphatic rings. The number of aromatic nitrogens is 1. The molecule has 1 aromatic heterocycles. The summed E-state index contributed by atoms with van der Waals surface area (Å²) in [5.74, 6) is 0. The van der Waals surface area contributed by atoms with Crippen LogP contribution in [0.5, 0.6) is 0 Å². The highest BCUT2D eigenvalue weighted by Gasteiger charge is 2.26. The van der Waals surface area contributed by atoms with Crippen LogP contribution < -0.4 is 5.43 Å². The Balaban J connectivity index is 2.13. The maximum atomic E-state index is 12.7.